The molecule has 2 aromatic carbocycles. The maximum absolute atomic E-state index is 13.4. The summed E-state index contributed by atoms with van der Waals surface area (Å²) in [6.45, 7) is 3.46. The van der Waals surface area contributed by atoms with E-state index in [1.165, 1.54) is 30.2 Å². The van der Waals surface area contributed by atoms with E-state index in [1.807, 2.05) is 48.0 Å². The summed E-state index contributed by atoms with van der Waals surface area (Å²) in [5, 5.41) is 1.43. The quantitative estimate of drug-likeness (QED) is 0.342. The van der Waals surface area contributed by atoms with Gasteiger partial charge in [0.1, 0.15) is 28.6 Å². The van der Waals surface area contributed by atoms with Crippen LogP contribution in [-0.2, 0) is 4.79 Å². The third-order valence-corrected chi connectivity index (χ3v) is 5.82. The maximum atomic E-state index is 13.4. The van der Waals surface area contributed by atoms with E-state index >= 15 is 0 Å². The van der Waals surface area contributed by atoms with Crippen LogP contribution in [0.2, 0.25) is 0 Å². The zero-order valence-electron chi connectivity index (χ0n) is 15.5. The third-order valence-electron chi connectivity index (χ3n) is 4.60. The molecule has 4 rings (SSSR count). The second-order valence-corrected chi connectivity index (χ2v) is 7.83. The number of Topliss-reactive ketones (excluding diaryl/α,β-unsaturated/α-hetero) is 1. The van der Waals surface area contributed by atoms with E-state index in [1.54, 1.807) is 19.1 Å². The number of rotatable bonds is 5. The Morgan fingerprint density at radius 3 is 2.46 bits per heavy atom. The molecule has 0 aliphatic carbocycles. The molecule has 0 saturated heterocycles. The number of hydrogen-bond acceptors (Lipinski definition) is 4. The lowest BCUT2D eigenvalue weighted by Crippen LogP contribution is -2.08. The van der Waals surface area contributed by atoms with Gasteiger partial charge >= 0.3 is 0 Å². The van der Waals surface area contributed by atoms with Gasteiger partial charge in [0.25, 0.3) is 0 Å². The van der Waals surface area contributed by atoms with E-state index in [4.69, 9.17) is 0 Å². The van der Waals surface area contributed by atoms with Crippen molar-refractivity contribution in [1.82, 2.24) is 14.5 Å². The summed E-state index contributed by atoms with van der Waals surface area (Å²) >= 11 is 1.43. The molecule has 0 fully saturated rings. The van der Waals surface area contributed by atoms with Crippen LogP contribution in [0.5, 0.6) is 0 Å². The molecule has 0 aliphatic heterocycles. The van der Waals surface area contributed by atoms with Crippen molar-refractivity contribution in [3.8, 4) is 16.8 Å². The van der Waals surface area contributed by atoms with Crippen LogP contribution in [0, 0.1) is 5.82 Å². The van der Waals surface area contributed by atoms with Gasteiger partial charge in [-0.05, 0) is 43.7 Å². The molecule has 0 radical (unpaired) electrons. The highest BCUT2D eigenvalue weighted by molar-refractivity contribution is 8.00. The van der Waals surface area contributed by atoms with E-state index in [0.717, 1.165) is 32.9 Å². The molecule has 6 heteroatoms. The van der Waals surface area contributed by atoms with E-state index in [0.29, 0.717) is 0 Å². The largest absolute Gasteiger partial charge is 0.301 e. The minimum atomic E-state index is -0.287. The van der Waals surface area contributed by atoms with Crippen molar-refractivity contribution in [1.29, 1.82) is 0 Å². The lowest BCUT2D eigenvalue weighted by atomic mass is 10.1. The standard InChI is InChI=1S/C22H18FN3OS/c1-14(27)15(2)28-22-20-19(16-6-4-3-5-7-16)12-26(21(20)24-13-25-22)18-10-8-17(23)9-11-18/h3-13,15H,1-2H3/t15-/m1/s1. The molecule has 0 spiro atoms. The highest BCUT2D eigenvalue weighted by atomic mass is 32.2. The van der Waals surface area contributed by atoms with Crippen molar-refractivity contribution in [3.63, 3.8) is 0 Å². The maximum Gasteiger partial charge on any atom is 0.149 e. The Morgan fingerprint density at radius 2 is 1.79 bits per heavy atom. The van der Waals surface area contributed by atoms with Crippen molar-refractivity contribution < 1.29 is 9.18 Å². The van der Waals surface area contributed by atoms with Crippen molar-refractivity contribution in [2.24, 2.45) is 0 Å². The smallest absolute Gasteiger partial charge is 0.149 e. The first kappa shape index (κ1) is 18.4. The third kappa shape index (κ3) is 3.43. The van der Waals surface area contributed by atoms with Gasteiger partial charge in [-0.1, -0.05) is 42.1 Å². The minimum absolute atomic E-state index is 0.0935. The van der Waals surface area contributed by atoms with Gasteiger partial charge in [-0.3, -0.25) is 4.79 Å². The number of thioether (sulfide) groups is 1. The minimum Gasteiger partial charge on any atom is -0.301 e. The number of hydrogen-bond donors (Lipinski definition) is 0. The summed E-state index contributed by atoms with van der Waals surface area (Å²) in [6.07, 6.45) is 3.50. The van der Waals surface area contributed by atoms with Crippen LogP contribution in [0.3, 0.4) is 0 Å². The Hall–Kier alpha value is -2.99. The van der Waals surface area contributed by atoms with Gasteiger partial charge in [-0.15, -0.1) is 0 Å². The first-order valence-corrected chi connectivity index (χ1v) is 9.77. The fraction of sp³-hybridized carbons (Fsp3) is 0.136. The number of carbonyl (C=O) groups is 1. The number of halogens is 1. The number of carbonyl (C=O) groups excluding carboxylic acids is 1. The Labute approximate surface area is 166 Å². The first-order chi connectivity index (χ1) is 13.5. The van der Waals surface area contributed by atoms with Crippen molar-refractivity contribution in [2.75, 3.05) is 0 Å². The fourth-order valence-electron chi connectivity index (χ4n) is 3.01. The molecule has 0 N–H and O–H groups in total. The van der Waals surface area contributed by atoms with Crippen LogP contribution in [0.25, 0.3) is 27.8 Å². The van der Waals surface area contributed by atoms with Crippen LogP contribution in [0.15, 0.2) is 72.1 Å². The van der Waals surface area contributed by atoms with Crippen molar-refractivity contribution >= 4 is 28.6 Å². The average Bonchev–Trinajstić information content (AvgIpc) is 3.10. The van der Waals surface area contributed by atoms with Crippen LogP contribution in [0.1, 0.15) is 13.8 Å². The number of fused-ring (bicyclic) bond motifs is 1. The van der Waals surface area contributed by atoms with Gasteiger partial charge in [-0.25, -0.2) is 14.4 Å². The molecular weight excluding hydrogens is 373 g/mol. The zero-order valence-corrected chi connectivity index (χ0v) is 16.3. The fourth-order valence-corrected chi connectivity index (χ4v) is 3.94. The molecule has 0 unspecified atom stereocenters. The van der Waals surface area contributed by atoms with Gasteiger partial charge < -0.3 is 4.57 Å². The summed E-state index contributed by atoms with van der Waals surface area (Å²) in [5.41, 5.74) is 3.53. The monoisotopic (exact) mass is 391 g/mol. The molecule has 2 aromatic heterocycles. The topological polar surface area (TPSA) is 47.8 Å². The molecule has 1 atom stereocenters. The Kier molecular flexibility index (Phi) is 4.96. The van der Waals surface area contributed by atoms with E-state index in [-0.39, 0.29) is 16.9 Å². The summed E-state index contributed by atoms with van der Waals surface area (Å²) in [7, 11) is 0. The summed E-state index contributed by atoms with van der Waals surface area (Å²) in [5.74, 6) is -0.194. The average molecular weight is 391 g/mol. The van der Waals surface area contributed by atoms with Gasteiger partial charge in [0.05, 0.1) is 10.6 Å². The predicted molar refractivity (Wildman–Crippen MR) is 110 cm³/mol. The van der Waals surface area contributed by atoms with E-state index in [9.17, 15) is 9.18 Å². The highest BCUT2D eigenvalue weighted by Crippen LogP contribution is 2.38. The van der Waals surface area contributed by atoms with Gasteiger partial charge in [-0.2, -0.15) is 0 Å². The van der Waals surface area contributed by atoms with Gasteiger partial charge in [0.2, 0.25) is 0 Å². The zero-order chi connectivity index (χ0) is 19.7. The second-order valence-electron chi connectivity index (χ2n) is 6.50. The van der Waals surface area contributed by atoms with Crippen LogP contribution in [0.4, 0.5) is 4.39 Å². The lowest BCUT2D eigenvalue weighted by molar-refractivity contribution is -0.116. The summed E-state index contributed by atoms with van der Waals surface area (Å²) < 4.78 is 15.3. The molecular formula is C22H18FN3OS. The predicted octanol–water partition coefficient (Wildman–Crippen LogP) is 5.30. The highest BCUT2D eigenvalue weighted by Gasteiger charge is 2.20. The number of benzene rings is 2. The van der Waals surface area contributed by atoms with E-state index in [2.05, 4.69) is 9.97 Å². The molecule has 4 nitrogen and oxygen atoms in total. The SMILES string of the molecule is CC(=O)[C@@H](C)Sc1ncnc2c1c(-c1ccccc1)cn2-c1ccc(F)cc1. The van der Waals surface area contributed by atoms with Gasteiger partial charge in [0, 0.05) is 17.4 Å². The molecule has 2 heterocycles. The van der Waals surface area contributed by atoms with Crippen LogP contribution >= 0.6 is 11.8 Å². The Balaban J connectivity index is 1.97. The molecule has 0 amide bonds. The molecule has 0 aliphatic rings. The van der Waals surface area contributed by atoms with Crippen molar-refractivity contribution in [3.05, 3.63) is 72.9 Å². The first-order valence-electron chi connectivity index (χ1n) is 8.89. The lowest BCUT2D eigenvalue weighted by Gasteiger charge is -2.09. The number of nitrogens with zero attached hydrogens (tertiary/aromatic N) is 3. The van der Waals surface area contributed by atoms with E-state index < -0.39 is 0 Å². The summed E-state index contributed by atoms with van der Waals surface area (Å²) in [6, 6.07) is 16.3. The van der Waals surface area contributed by atoms with Gasteiger partial charge in [0.15, 0.2) is 0 Å². The van der Waals surface area contributed by atoms with Crippen LogP contribution in [-0.4, -0.2) is 25.6 Å². The number of ketones is 1. The van der Waals surface area contributed by atoms with Crippen molar-refractivity contribution in [2.45, 2.75) is 24.1 Å². The summed E-state index contributed by atoms with van der Waals surface area (Å²) in [4.78, 5) is 20.8. The number of aromatic nitrogens is 3. The molecule has 4 aromatic rings. The molecule has 140 valence electrons. The molecule has 0 bridgehead atoms. The molecule has 28 heavy (non-hydrogen) atoms. The Bertz CT molecular complexity index is 1140. The Morgan fingerprint density at radius 1 is 1.07 bits per heavy atom. The second kappa shape index (κ2) is 7.56. The van der Waals surface area contributed by atoms with Crippen LogP contribution < -0.4 is 0 Å². The molecule has 0 saturated carbocycles. The normalized spacial score (nSPS) is 12.2.